The number of piperidine rings is 1. The molecular weight excluding hydrogens is 356 g/mol. The number of aromatic nitrogens is 2. The van der Waals surface area contributed by atoms with Gasteiger partial charge in [0.25, 0.3) is 5.91 Å². The van der Waals surface area contributed by atoms with Crippen LogP contribution < -0.4 is 4.74 Å². The van der Waals surface area contributed by atoms with E-state index in [0.717, 1.165) is 25.2 Å². The molecule has 150 valence electrons. The van der Waals surface area contributed by atoms with Crippen molar-refractivity contribution in [3.8, 4) is 5.75 Å². The van der Waals surface area contributed by atoms with Crippen molar-refractivity contribution >= 4 is 11.8 Å². The Balaban J connectivity index is 1.47. The van der Waals surface area contributed by atoms with Crippen molar-refractivity contribution in [1.82, 2.24) is 19.4 Å². The van der Waals surface area contributed by atoms with Crippen LogP contribution >= 0.6 is 0 Å². The lowest BCUT2D eigenvalue weighted by Crippen LogP contribution is -2.49. The van der Waals surface area contributed by atoms with Crippen LogP contribution in [0.25, 0.3) is 0 Å². The average molecular weight is 384 g/mol. The Hall–Kier alpha value is -2.83. The number of hydrogen-bond acceptors (Lipinski definition) is 4. The predicted molar refractivity (Wildman–Crippen MR) is 106 cm³/mol. The van der Waals surface area contributed by atoms with E-state index in [0.29, 0.717) is 25.4 Å². The van der Waals surface area contributed by atoms with Gasteiger partial charge in [-0.05, 0) is 31.9 Å². The molecular formula is C21H28N4O3. The van der Waals surface area contributed by atoms with E-state index in [2.05, 4.69) is 9.55 Å². The highest BCUT2D eigenvalue weighted by Gasteiger charge is 2.28. The number of likely N-dealkylation sites (tertiary alicyclic amines) is 1. The third-order valence-corrected chi connectivity index (χ3v) is 5.27. The summed E-state index contributed by atoms with van der Waals surface area (Å²) in [6.07, 6.45) is 5.29. The summed E-state index contributed by atoms with van der Waals surface area (Å²) < 4.78 is 7.61. The van der Waals surface area contributed by atoms with E-state index in [9.17, 15) is 9.59 Å². The molecule has 0 spiro atoms. The summed E-state index contributed by atoms with van der Waals surface area (Å²) in [5, 5.41) is 0. The molecule has 1 aromatic heterocycles. The molecule has 3 rings (SSSR count). The Labute approximate surface area is 165 Å². The zero-order valence-corrected chi connectivity index (χ0v) is 16.6. The van der Waals surface area contributed by atoms with E-state index < -0.39 is 0 Å². The summed E-state index contributed by atoms with van der Waals surface area (Å²) in [4.78, 5) is 32.6. The molecule has 7 nitrogen and oxygen atoms in total. The van der Waals surface area contributed by atoms with Crippen molar-refractivity contribution in [2.24, 2.45) is 0 Å². The van der Waals surface area contributed by atoms with Crippen LogP contribution in [0.5, 0.6) is 5.75 Å². The zero-order chi connectivity index (χ0) is 19.9. The van der Waals surface area contributed by atoms with Crippen molar-refractivity contribution in [2.45, 2.75) is 39.3 Å². The van der Waals surface area contributed by atoms with E-state index in [1.807, 2.05) is 53.3 Å². The lowest BCUT2D eigenvalue weighted by Gasteiger charge is -2.38. The molecule has 7 heteroatoms. The molecule has 1 aromatic carbocycles. The second-order valence-corrected chi connectivity index (χ2v) is 7.09. The van der Waals surface area contributed by atoms with Gasteiger partial charge in [0.2, 0.25) is 5.91 Å². The predicted octanol–water partition coefficient (Wildman–Crippen LogP) is 2.11. The molecule has 0 bridgehead atoms. The van der Waals surface area contributed by atoms with Gasteiger partial charge in [-0.1, -0.05) is 18.2 Å². The Morgan fingerprint density at radius 1 is 1.21 bits per heavy atom. The van der Waals surface area contributed by atoms with Crippen LogP contribution in [0, 0.1) is 6.92 Å². The summed E-state index contributed by atoms with van der Waals surface area (Å²) >= 11 is 0. The van der Waals surface area contributed by atoms with Gasteiger partial charge >= 0.3 is 0 Å². The molecule has 0 atom stereocenters. The van der Waals surface area contributed by atoms with Crippen molar-refractivity contribution in [1.29, 1.82) is 0 Å². The first kappa shape index (κ1) is 19.9. The van der Waals surface area contributed by atoms with Gasteiger partial charge in [0, 0.05) is 51.5 Å². The van der Waals surface area contributed by atoms with Crippen molar-refractivity contribution in [2.75, 3.05) is 26.2 Å². The number of rotatable bonds is 7. The lowest BCUT2D eigenvalue weighted by molar-refractivity contribution is -0.137. The van der Waals surface area contributed by atoms with Gasteiger partial charge in [0.05, 0.1) is 0 Å². The molecule has 0 radical (unpaired) electrons. The van der Waals surface area contributed by atoms with Gasteiger partial charge in [0.1, 0.15) is 11.6 Å². The Morgan fingerprint density at radius 3 is 2.54 bits per heavy atom. The van der Waals surface area contributed by atoms with Gasteiger partial charge in [-0.15, -0.1) is 0 Å². The Kier molecular flexibility index (Phi) is 6.68. The minimum Gasteiger partial charge on any atom is -0.484 e. The third-order valence-electron chi connectivity index (χ3n) is 5.27. The first-order valence-corrected chi connectivity index (χ1v) is 9.75. The van der Waals surface area contributed by atoms with Crippen molar-refractivity contribution in [3.05, 3.63) is 48.5 Å². The number of imidazole rings is 1. The smallest absolute Gasteiger partial charge is 0.260 e. The molecule has 2 heterocycles. The maximum Gasteiger partial charge on any atom is 0.260 e. The summed E-state index contributed by atoms with van der Waals surface area (Å²) in [5.74, 6) is 1.71. The number of para-hydroxylation sites is 1. The number of benzene rings is 1. The molecule has 1 aliphatic heterocycles. The fraction of sp³-hybridized carbons (Fsp3) is 0.476. The van der Waals surface area contributed by atoms with E-state index in [4.69, 9.17) is 4.74 Å². The second kappa shape index (κ2) is 9.39. The molecule has 2 aromatic rings. The van der Waals surface area contributed by atoms with Gasteiger partial charge in [-0.25, -0.2) is 4.98 Å². The van der Waals surface area contributed by atoms with Crippen LogP contribution in [0.2, 0.25) is 0 Å². The summed E-state index contributed by atoms with van der Waals surface area (Å²) in [6.45, 7) is 6.31. The fourth-order valence-corrected chi connectivity index (χ4v) is 3.63. The van der Waals surface area contributed by atoms with E-state index in [1.165, 1.54) is 0 Å². The number of amides is 2. The fourth-order valence-electron chi connectivity index (χ4n) is 3.63. The summed E-state index contributed by atoms with van der Waals surface area (Å²) in [6, 6.07) is 9.52. The van der Waals surface area contributed by atoms with Crippen LogP contribution in [0.1, 0.15) is 25.6 Å². The second-order valence-electron chi connectivity index (χ2n) is 7.09. The highest BCUT2D eigenvalue weighted by molar-refractivity contribution is 5.78. The van der Waals surface area contributed by atoms with Crippen molar-refractivity contribution < 1.29 is 14.3 Å². The van der Waals surface area contributed by atoms with Gasteiger partial charge < -0.3 is 19.1 Å². The van der Waals surface area contributed by atoms with Crippen molar-refractivity contribution in [3.63, 3.8) is 0 Å². The van der Waals surface area contributed by atoms with Gasteiger partial charge in [-0.2, -0.15) is 0 Å². The number of nitrogens with zero attached hydrogens (tertiary/aromatic N) is 4. The number of carbonyl (C=O) groups excluding carboxylic acids is 2. The molecule has 1 aliphatic rings. The topological polar surface area (TPSA) is 67.7 Å². The first-order chi connectivity index (χ1) is 13.5. The minimum absolute atomic E-state index is 0.00859. The molecule has 0 N–H and O–H groups in total. The quantitative estimate of drug-likeness (QED) is 0.733. The number of ether oxygens (including phenoxy) is 1. The summed E-state index contributed by atoms with van der Waals surface area (Å²) in [7, 11) is 0. The van der Waals surface area contributed by atoms with E-state index >= 15 is 0 Å². The molecule has 1 fully saturated rings. The number of hydrogen-bond donors (Lipinski definition) is 0. The zero-order valence-electron chi connectivity index (χ0n) is 16.6. The van der Waals surface area contributed by atoms with Crippen LogP contribution in [0.4, 0.5) is 0 Å². The minimum atomic E-state index is -0.00859. The Bertz CT molecular complexity index is 782. The normalized spacial score (nSPS) is 14.7. The standard InChI is InChI=1S/C21H28N4O3/c1-17-22-10-13-23(17)14-15-25(18(2)26)19-8-11-24(12-9-19)21(27)16-28-20-6-4-3-5-7-20/h3-7,10,13,19H,8-9,11-12,14-16H2,1-2H3. The van der Waals surface area contributed by atoms with E-state index in [-0.39, 0.29) is 24.5 Å². The third kappa shape index (κ3) is 5.12. The van der Waals surface area contributed by atoms with E-state index in [1.54, 1.807) is 13.1 Å². The molecule has 1 saturated heterocycles. The highest BCUT2D eigenvalue weighted by Crippen LogP contribution is 2.18. The van der Waals surface area contributed by atoms with Crippen LogP contribution in [0.3, 0.4) is 0 Å². The maximum absolute atomic E-state index is 12.4. The summed E-state index contributed by atoms with van der Waals surface area (Å²) in [5.41, 5.74) is 0. The van der Waals surface area contributed by atoms with Crippen LogP contribution in [-0.2, 0) is 16.1 Å². The van der Waals surface area contributed by atoms with Crippen LogP contribution in [-0.4, -0.2) is 63.4 Å². The van der Waals surface area contributed by atoms with Gasteiger partial charge in [0.15, 0.2) is 6.61 Å². The maximum atomic E-state index is 12.4. The molecule has 28 heavy (non-hydrogen) atoms. The Morgan fingerprint density at radius 2 is 1.93 bits per heavy atom. The average Bonchev–Trinajstić information content (AvgIpc) is 3.12. The SMILES string of the molecule is CC(=O)N(CCn1ccnc1C)C1CCN(C(=O)COc2ccccc2)CC1. The largest absolute Gasteiger partial charge is 0.484 e. The highest BCUT2D eigenvalue weighted by atomic mass is 16.5. The molecule has 0 unspecified atom stereocenters. The lowest BCUT2D eigenvalue weighted by atomic mass is 10.0. The molecule has 2 amide bonds. The number of carbonyl (C=O) groups is 2. The van der Waals surface area contributed by atoms with Crippen LogP contribution in [0.15, 0.2) is 42.7 Å². The van der Waals surface area contributed by atoms with Gasteiger partial charge in [-0.3, -0.25) is 9.59 Å². The molecule has 0 aliphatic carbocycles. The number of aryl methyl sites for hydroxylation is 1. The molecule has 0 saturated carbocycles. The first-order valence-electron chi connectivity index (χ1n) is 9.75. The monoisotopic (exact) mass is 384 g/mol.